The van der Waals surface area contributed by atoms with Gasteiger partial charge in [0.1, 0.15) is 0 Å². The summed E-state index contributed by atoms with van der Waals surface area (Å²) < 4.78 is 28.9. The van der Waals surface area contributed by atoms with Crippen molar-refractivity contribution >= 4 is 26.0 Å². The van der Waals surface area contributed by atoms with Crippen LogP contribution in [0, 0.1) is 11.8 Å². The molecule has 2 saturated carbocycles. The van der Waals surface area contributed by atoms with Crippen LogP contribution in [0.5, 0.6) is 0 Å². The molecule has 1 aromatic rings. The lowest BCUT2D eigenvalue weighted by Gasteiger charge is -2.23. The van der Waals surface area contributed by atoms with Crippen LogP contribution >= 0.6 is 15.9 Å². The van der Waals surface area contributed by atoms with Crippen LogP contribution in [0.25, 0.3) is 0 Å². The molecule has 2 fully saturated rings. The molecule has 116 valence electrons. The van der Waals surface area contributed by atoms with Gasteiger partial charge in [0.05, 0.1) is 4.90 Å². The zero-order chi connectivity index (χ0) is 15.0. The van der Waals surface area contributed by atoms with Crippen LogP contribution in [-0.4, -0.2) is 21.5 Å². The lowest BCUT2D eigenvalue weighted by Crippen LogP contribution is -2.38. The third kappa shape index (κ3) is 3.18. The van der Waals surface area contributed by atoms with Gasteiger partial charge in [-0.25, -0.2) is 13.1 Å². The first-order valence-electron chi connectivity index (χ1n) is 7.45. The molecule has 1 aromatic carbocycles. The van der Waals surface area contributed by atoms with Crippen molar-refractivity contribution in [2.45, 2.75) is 43.2 Å². The van der Waals surface area contributed by atoms with Crippen molar-refractivity contribution in [1.82, 2.24) is 10.0 Å². The summed E-state index contributed by atoms with van der Waals surface area (Å²) in [5.41, 5.74) is 0.967. The average molecular weight is 373 g/mol. The maximum atomic E-state index is 12.7. The number of hydrogen-bond acceptors (Lipinski definition) is 3. The molecule has 3 unspecified atom stereocenters. The first-order chi connectivity index (χ1) is 9.99. The highest BCUT2D eigenvalue weighted by Gasteiger charge is 2.41. The Morgan fingerprint density at radius 3 is 2.71 bits per heavy atom. The minimum absolute atomic E-state index is 0.119. The van der Waals surface area contributed by atoms with E-state index in [1.165, 1.54) is 19.3 Å². The van der Waals surface area contributed by atoms with Gasteiger partial charge in [0, 0.05) is 17.1 Å². The van der Waals surface area contributed by atoms with E-state index >= 15 is 0 Å². The van der Waals surface area contributed by atoms with Crippen molar-refractivity contribution < 1.29 is 8.42 Å². The number of benzene rings is 1. The molecule has 0 amide bonds. The quantitative estimate of drug-likeness (QED) is 0.834. The van der Waals surface area contributed by atoms with Crippen molar-refractivity contribution in [2.24, 2.45) is 11.8 Å². The largest absolute Gasteiger partial charge is 0.316 e. The molecule has 0 aliphatic heterocycles. The maximum absolute atomic E-state index is 12.7. The molecule has 3 rings (SSSR count). The van der Waals surface area contributed by atoms with E-state index in [1.807, 2.05) is 19.2 Å². The fraction of sp³-hybridized carbons (Fsp3) is 0.600. The fourth-order valence-electron chi connectivity index (χ4n) is 3.72. The van der Waals surface area contributed by atoms with E-state index in [0.717, 1.165) is 17.9 Å². The van der Waals surface area contributed by atoms with Gasteiger partial charge in [-0.1, -0.05) is 12.5 Å². The SMILES string of the molecule is CNCc1ccc(Br)c(S(=O)(=O)NC2CC3CCC2C3)c1. The van der Waals surface area contributed by atoms with Crippen LogP contribution in [0.1, 0.15) is 31.2 Å². The normalized spacial score (nSPS) is 28.2. The summed E-state index contributed by atoms with van der Waals surface area (Å²) in [4.78, 5) is 0.345. The Balaban J connectivity index is 1.82. The average Bonchev–Trinajstić information content (AvgIpc) is 3.03. The Labute approximate surface area is 134 Å². The molecule has 4 nitrogen and oxygen atoms in total. The second-order valence-electron chi connectivity index (χ2n) is 6.20. The Morgan fingerprint density at radius 2 is 2.10 bits per heavy atom. The highest BCUT2D eigenvalue weighted by atomic mass is 79.9. The number of halogens is 1. The highest BCUT2D eigenvalue weighted by Crippen LogP contribution is 2.45. The number of hydrogen-bond donors (Lipinski definition) is 2. The molecule has 2 N–H and O–H groups in total. The van der Waals surface area contributed by atoms with Crippen molar-refractivity contribution in [3.63, 3.8) is 0 Å². The number of rotatable bonds is 5. The molecule has 0 aromatic heterocycles. The first kappa shape index (κ1) is 15.5. The van der Waals surface area contributed by atoms with E-state index in [4.69, 9.17) is 0 Å². The van der Waals surface area contributed by atoms with E-state index in [-0.39, 0.29) is 6.04 Å². The van der Waals surface area contributed by atoms with Gasteiger partial charge < -0.3 is 5.32 Å². The lowest BCUT2D eigenvalue weighted by atomic mass is 9.96. The van der Waals surface area contributed by atoms with Crippen LogP contribution in [0.15, 0.2) is 27.6 Å². The minimum atomic E-state index is -3.46. The van der Waals surface area contributed by atoms with E-state index < -0.39 is 10.0 Å². The third-order valence-corrected chi connectivity index (χ3v) is 7.19. The molecule has 6 heteroatoms. The molecule has 2 aliphatic rings. The molecule has 2 aliphatic carbocycles. The van der Waals surface area contributed by atoms with Gasteiger partial charge in [-0.3, -0.25) is 0 Å². The van der Waals surface area contributed by atoms with Gasteiger partial charge in [0.15, 0.2) is 0 Å². The second kappa shape index (κ2) is 5.99. The molecular weight excluding hydrogens is 352 g/mol. The summed E-state index contributed by atoms with van der Waals surface area (Å²) in [6.07, 6.45) is 4.62. The molecule has 21 heavy (non-hydrogen) atoms. The zero-order valence-electron chi connectivity index (χ0n) is 12.1. The Bertz CT molecular complexity index is 633. The van der Waals surface area contributed by atoms with Crippen LogP contribution < -0.4 is 10.0 Å². The predicted molar refractivity (Wildman–Crippen MR) is 86.5 cm³/mol. The molecule has 0 heterocycles. The van der Waals surface area contributed by atoms with Crippen molar-refractivity contribution in [3.8, 4) is 0 Å². The first-order valence-corrected chi connectivity index (χ1v) is 9.72. The number of nitrogens with one attached hydrogen (secondary N) is 2. The van der Waals surface area contributed by atoms with Crippen LogP contribution in [0.4, 0.5) is 0 Å². The zero-order valence-corrected chi connectivity index (χ0v) is 14.5. The molecule has 0 radical (unpaired) electrons. The smallest absolute Gasteiger partial charge is 0.241 e. The molecule has 0 saturated heterocycles. The maximum Gasteiger partial charge on any atom is 0.241 e. The standard InChI is InChI=1S/C15H21BrN2O2S/c1-17-9-11-3-5-13(16)15(8-11)21(19,20)18-14-7-10-2-4-12(14)6-10/h3,5,8,10,12,14,17-18H,2,4,6-7,9H2,1H3. The Hall–Kier alpha value is -0.430. The van der Waals surface area contributed by atoms with Gasteiger partial charge in [-0.2, -0.15) is 0 Å². The summed E-state index contributed by atoms with van der Waals surface area (Å²) >= 11 is 3.37. The van der Waals surface area contributed by atoms with E-state index in [0.29, 0.717) is 21.8 Å². The van der Waals surface area contributed by atoms with Gasteiger partial charge in [-0.15, -0.1) is 0 Å². The van der Waals surface area contributed by atoms with Crippen molar-refractivity contribution in [1.29, 1.82) is 0 Å². The molecule has 2 bridgehead atoms. The molecule has 0 spiro atoms. The Kier molecular flexibility index (Phi) is 4.41. The van der Waals surface area contributed by atoms with Gasteiger partial charge >= 0.3 is 0 Å². The van der Waals surface area contributed by atoms with E-state index in [2.05, 4.69) is 26.0 Å². The van der Waals surface area contributed by atoms with Gasteiger partial charge in [0.25, 0.3) is 0 Å². The second-order valence-corrected chi connectivity index (χ2v) is 8.73. The van der Waals surface area contributed by atoms with Gasteiger partial charge in [0.2, 0.25) is 10.0 Å². The van der Waals surface area contributed by atoms with Crippen molar-refractivity contribution in [2.75, 3.05) is 7.05 Å². The third-order valence-electron chi connectivity index (χ3n) is 4.71. The summed E-state index contributed by atoms with van der Waals surface area (Å²) in [6, 6.07) is 5.60. The summed E-state index contributed by atoms with van der Waals surface area (Å²) in [5, 5.41) is 3.05. The minimum Gasteiger partial charge on any atom is -0.316 e. The number of sulfonamides is 1. The van der Waals surface area contributed by atoms with Crippen LogP contribution in [0.3, 0.4) is 0 Å². The predicted octanol–water partition coefficient (Wildman–Crippen LogP) is 2.64. The van der Waals surface area contributed by atoms with Gasteiger partial charge in [-0.05, 0) is 71.8 Å². The molecule has 3 atom stereocenters. The Morgan fingerprint density at radius 1 is 1.29 bits per heavy atom. The summed E-state index contributed by atoms with van der Waals surface area (Å²) in [7, 11) is -1.61. The van der Waals surface area contributed by atoms with Crippen molar-refractivity contribution in [3.05, 3.63) is 28.2 Å². The summed E-state index contributed by atoms with van der Waals surface area (Å²) in [6.45, 7) is 0.657. The van der Waals surface area contributed by atoms with Crippen LogP contribution in [-0.2, 0) is 16.6 Å². The fourth-order valence-corrected chi connectivity index (χ4v) is 6.05. The molecular formula is C15H21BrN2O2S. The van der Waals surface area contributed by atoms with E-state index in [9.17, 15) is 8.42 Å². The topological polar surface area (TPSA) is 58.2 Å². The van der Waals surface area contributed by atoms with E-state index in [1.54, 1.807) is 6.07 Å². The summed E-state index contributed by atoms with van der Waals surface area (Å²) in [5.74, 6) is 1.26. The monoisotopic (exact) mass is 372 g/mol. The van der Waals surface area contributed by atoms with Crippen LogP contribution in [0.2, 0.25) is 0 Å². The lowest BCUT2D eigenvalue weighted by molar-refractivity contribution is 0.390. The number of fused-ring (bicyclic) bond motifs is 2. The highest BCUT2D eigenvalue weighted by molar-refractivity contribution is 9.10.